The Morgan fingerprint density at radius 3 is 1.55 bits per heavy atom. The quantitative estimate of drug-likeness (QED) is 0.364. The molecule has 4 aromatic rings. The SMILES string of the molecule is Cc1ccc(-c2c(C)c(Cc3ccccc3)c(O)c(Cc3ccccc3)c2C)c(C)c1. The second-order valence-electron chi connectivity index (χ2n) is 8.57. The molecule has 156 valence electrons. The van der Waals surface area contributed by atoms with Gasteiger partial charge >= 0.3 is 0 Å². The fourth-order valence-corrected chi connectivity index (χ4v) is 4.65. The van der Waals surface area contributed by atoms with Crippen LogP contribution in [0.4, 0.5) is 0 Å². The predicted molar refractivity (Wildman–Crippen MR) is 131 cm³/mol. The summed E-state index contributed by atoms with van der Waals surface area (Å²) in [6, 6.07) is 27.5. The first-order chi connectivity index (χ1) is 15.0. The van der Waals surface area contributed by atoms with E-state index in [0.29, 0.717) is 5.75 Å². The molecule has 0 heterocycles. The highest BCUT2D eigenvalue weighted by atomic mass is 16.3. The van der Waals surface area contributed by atoms with Crippen molar-refractivity contribution >= 4 is 0 Å². The maximum atomic E-state index is 11.5. The van der Waals surface area contributed by atoms with Crippen LogP contribution in [0.1, 0.15) is 44.5 Å². The maximum absolute atomic E-state index is 11.5. The number of hydrogen-bond acceptors (Lipinski definition) is 1. The molecule has 1 heteroatoms. The molecule has 1 N–H and O–H groups in total. The largest absolute Gasteiger partial charge is 0.507 e. The van der Waals surface area contributed by atoms with E-state index in [-0.39, 0.29) is 0 Å². The average molecular weight is 407 g/mol. The average Bonchev–Trinajstić information content (AvgIpc) is 2.77. The lowest BCUT2D eigenvalue weighted by molar-refractivity contribution is 0.462. The summed E-state index contributed by atoms with van der Waals surface area (Å²) < 4.78 is 0. The number of rotatable bonds is 5. The van der Waals surface area contributed by atoms with E-state index in [0.717, 1.165) is 24.0 Å². The van der Waals surface area contributed by atoms with Gasteiger partial charge in [-0.2, -0.15) is 0 Å². The lowest BCUT2D eigenvalue weighted by atomic mass is 9.83. The summed E-state index contributed by atoms with van der Waals surface area (Å²) in [5.74, 6) is 0.441. The highest BCUT2D eigenvalue weighted by Crippen LogP contribution is 2.41. The molecule has 0 fully saturated rings. The highest BCUT2D eigenvalue weighted by Gasteiger charge is 2.21. The molecule has 0 aliphatic carbocycles. The molecule has 4 rings (SSSR count). The molecule has 31 heavy (non-hydrogen) atoms. The number of benzene rings is 4. The van der Waals surface area contributed by atoms with Crippen LogP contribution in [0.15, 0.2) is 78.9 Å². The monoisotopic (exact) mass is 406 g/mol. The summed E-state index contributed by atoms with van der Waals surface area (Å²) in [5.41, 5.74) is 11.9. The van der Waals surface area contributed by atoms with Gasteiger partial charge in [0.05, 0.1) is 0 Å². The minimum absolute atomic E-state index is 0.441. The Kier molecular flexibility index (Phi) is 5.95. The predicted octanol–water partition coefficient (Wildman–Crippen LogP) is 7.47. The van der Waals surface area contributed by atoms with Crippen molar-refractivity contribution in [1.29, 1.82) is 0 Å². The first-order valence-electron chi connectivity index (χ1n) is 10.9. The number of aryl methyl sites for hydroxylation is 2. The van der Waals surface area contributed by atoms with Gasteiger partial charge < -0.3 is 5.11 Å². The van der Waals surface area contributed by atoms with Crippen molar-refractivity contribution in [3.63, 3.8) is 0 Å². The minimum atomic E-state index is 0.441. The molecule has 0 saturated carbocycles. The van der Waals surface area contributed by atoms with Crippen molar-refractivity contribution in [2.24, 2.45) is 0 Å². The van der Waals surface area contributed by atoms with Crippen molar-refractivity contribution in [3.05, 3.63) is 123 Å². The molecule has 0 amide bonds. The molecule has 0 aromatic heterocycles. The van der Waals surface area contributed by atoms with Crippen molar-refractivity contribution in [3.8, 4) is 16.9 Å². The zero-order valence-corrected chi connectivity index (χ0v) is 18.9. The number of phenolic OH excluding ortho intramolecular Hbond substituents is 1. The summed E-state index contributed by atoms with van der Waals surface area (Å²) >= 11 is 0. The minimum Gasteiger partial charge on any atom is -0.507 e. The van der Waals surface area contributed by atoms with E-state index in [9.17, 15) is 5.11 Å². The standard InChI is InChI=1S/C30H30O/c1-20-15-16-26(21(2)17-20)29-22(3)27(18-24-11-7-5-8-12-24)30(31)28(23(29)4)19-25-13-9-6-10-14-25/h5-17,31H,18-19H2,1-4H3. The van der Waals surface area contributed by atoms with Gasteiger partial charge in [-0.25, -0.2) is 0 Å². The van der Waals surface area contributed by atoms with Crippen LogP contribution in [0.5, 0.6) is 5.75 Å². The van der Waals surface area contributed by atoms with E-state index in [4.69, 9.17) is 0 Å². The fourth-order valence-electron chi connectivity index (χ4n) is 4.65. The molecule has 4 aromatic carbocycles. The summed E-state index contributed by atoms with van der Waals surface area (Å²) in [6.45, 7) is 8.63. The van der Waals surface area contributed by atoms with Crippen LogP contribution in [0.25, 0.3) is 11.1 Å². The molecule has 0 bridgehead atoms. The highest BCUT2D eigenvalue weighted by molar-refractivity contribution is 5.78. The van der Waals surface area contributed by atoms with Gasteiger partial charge in [-0.3, -0.25) is 0 Å². The lowest BCUT2D eigenvalue weighted by Gasteiger charge is -2.23. The van der Waals surface area contributed by atoms with Crippen molar-refractivity contribution in [2.75, 3.05) is 0 Å². The molecule has 0 aliphatic rings. The van der Waals surface area contributed by atoms with Crippen LogP contribution < -0.4 is 0 Å². The van der Waals surface area contributed by atoms with Gasteiger partial charge in [0.2, 0.25) is 0 Å². The first kappa shape index (κ1) is 20.9. The van der Waals surface area contributed by atoms with Gasteiger partial charge in [0.1, 0.15) is 5.75 Å². The Labute approximate surface area is 186 Å². The van der Waals surface area contributed by atoms with E-state index >= 15 is 0 Å². The number of aromatic hydroxyl groups is 1. The van der Waals surface area contributed by atoms with Gasteiger partial charge in [0.25, 0.3) is 0 Å². The van der Waals surface area contributed by atoms with Gasteiger partial charge in [-0.05, 0) is 66.6 Å². The molecular formula is C30H30O. The second kappa shape index (κ2) is 8.81. The Bertz CT molecular complexity index is 1140. The fraction of sp³-hybridized carbons (Fsp3) is 0.200. The van der Waals surface area contributed by atoms with E-state index in [1.807, 2.05) is 12.1 Å². The van der Waals surface area contributed by atoms with Crippen LogP contribution in [0.2, 0.25) is 0 Å². The third kappa shape index (κ3) is 4.27. The van der Waals surface area contributed by atoms with Crippen molar-refractivity contribution in [1.82, 2.24) is 0 Å². The van der Waals surface area contributed by atoms with Gasteiger partial charge in [0, 0.05) is 24.0 Å². The lowest BCUT2D eigenvalue weighted by Crippen LogP contribution is -2.05. The van der Waals surface area contributed by atoms with Crippen LogP contribution in [-0.4, -0.2) is 5.11 Å². The zero-order valence-electron chi connectivity index (χ0n) is 18.9. The first-order valence-corrected chi connectivity index (χ1v) is 10.9. The number of hydrogen-bond donors (Lipinski definition) is 1. The van der Waals surface area contributed by atoms with Crippen LogP contribution in [-0.2, 0) is 12.8 Å². The number of phenols is 1. The molecule has 0 aliphatic heterocycles. The second-order valence-corrected chi connectivity index (χ2v) is 8.57. The Balaban J connectivity index is 1.95. The van der Waals surface area contributed by atoms with Gasteiger partial charge in [-0.15, -0.1) is 0 Å². The van der Waals surface area contributed by atoms with Crippen LogP contribution in [0.3, 0.4) is 0 Å². The summed E-state index contributed by atoms with van der Waals surface area (Å²) in [5, 5.41) is 11.5. The molecule has 0 atom stereocenters. The summed E-state index contributed by atoms with van der Waals surface area (Å²) in [7, 11) is 0. The molecule has 0 saturated heterocycles. The molecule has 1 nitrogen and oxygen atoms in total. The smallest absolute Gasteiger partial charge is 0.123 e. The van der Waals surface area contributed by atoms with Crippen molar-refractivity contribution in [2.45, 2.75) is 40.5 Å². The van der Waals surface area contributed by atoms with Crippen LogP contribution >= 0.6 is 0 Å². The van der Waals surface area contributed by atoms with E-state index in [2.05, 4.69) is 94.4 Å². The maximum Gasteiger partial charge on any atom is 0.123 e. The van der Waals surface area contributed by atoms with Gasteiger partial charge in [0.15, 0.2) is 0 Å². The van der Waals surface area contributed by atoms with E-state index in [1.165, 1.54) is 44.5 Å². The van der Waals surface area contributed by atoms with E-state index in [1.54, 1.807) is 0 Å². The third-order valence-corrected chi connectivity index (χ3v) is 6.33. The normalized spacial score (nSPS) is 11.0. The molecule has 0 radical (unpaired) electrons. The topological polar surface area (TPSA) is 20.2 Å². The van der Waals surface area contributed by atoms with Crippen LogP contribution in [0, 0.1) is 27.7 Å². The molecular weight excluding hydrogens is 376 g/mol. The molecule has 0 spiro atoms. The summed E-state index contributed by atoms with van der Waals surface area (Å²) in [6.07, 6.45) is 1.44. The zero-order chi connectivity index (χ0) is 22.0. The summed E-state index contributed by atoms with van der Waals surface area (Å²) in [4.78, 5) is 0. The van der Waals surface area contributed by atoms with Gasteiger partial charge in [-0.1, -0.05) is 84.4 Å². The Hall–Kier alpha value is -3.32. The Morgan fingerprint density at radius 2 is 1.10 bits per heavy atom. The Morgan fingerprint density at radius 1 is 0.613 bits per heavy atom. The molecule has 0 unspecified atom stereocenters. The van der Waals surface area contributed by atoms with Crippen molar-refractivity contribution < 1.29 is 5.11 Å². The van der Waals surface area contributed by atoms with E-state index < -0.39 is 0 Å². The third-order valence-electron chi connectivity index (χ3n) is 6.33.